The minimum Gasteiger partial charge on any atom is -0.486 e. The van der Waals surface area contributed by atoms with Gasteiger partial charge in [-0.15, -0.1) is 0 Å². The molecule has 0 aliphatic carbocycles. The van der Waals surface area contributed by atoms with Gasteiger partial charge in [0.05, 0.1) is 11.9 Å². The molecule has 1 aliphatic rings. The number of carbonyl (C=O) groups excluding carboxylic acids is 2. The Hall–Kier alpha value is -3.27. The molecule has 3 rings (SSSR count). The third-order valence-electron chi connectivity index (χ3n) is 5.91. The maximum Gasteiger partial charge on any atom is 0.244 e. The van der Waals surface area contributed by atoms with Crippen LogP contribution in [-0.4, -0.2) is 70.3 Å². The number of anilines is 1. The second-order valence-electron chi connectivity index (χ2n) is 8.64. The summed E-state index contributed by atoms with van der Waals surface area (Å²) in [5.41, 5.74) is 1.31. The molecule has 0 spiro atoms. The first-order valence-corrected chi connectivity index (χ1v) is 14.1. The normalized spacial score (nSPS) is 13.5. The summed E-state index contributed by atoms with van der Waals surface area (Å²) < 4.78 is 37.7. The van der Waals surface area contributed by atoms with Gasteiger partial charge in [0.25, 0.3) is 0 Å². The maximum absolute atomic E-state index is 13.6. The molecule has 10 heteroatoms. The van der Waals surface area contributed by atoms with Crippen molar-refractivity contribution < 1.29 is 27.5 Å². The molecule has 1 atom stereocenters. The van der Waals surface area contributed by atoms with E-state index < -0.39 is 28.5 Å². The van der Waals surface area contributed by atoms with Gasteiger partial charge in [-0.25, -0.2) is 8.42 Å². The molecule has 196 valence electrons. The van der Waals surface area contributed by atoms with E-state index in [-0.39, 0.29) is 12.5 Å². The van der Waals surface area contributed by atoms with E-state index in [0.717, 1.165) is 22.5 Å². The lowest BCUT2D eigenvalue weighted by atomic mass is 10.1. The molecule has 36 heavy (non-hydrogen) atoms. The van der Waals surface area contributed by atoms with Crippen molar-refractivity contribution in [3.8, 4) is 11.5 Å². The topological polar surface area (TPSA) is 105 Å². The molecule has 1 unspecified atom stereocenters. The lowest BCUT2D eigenvalue weighted by Gasteiger charge is -2.33. The molecule has 1 N–H and O–H groups in total. The number of rotatable bonds is 12. The Morgan fingerprint density at radius 2 is 1.72 bits per heavy atom. The largest absolute Gasteiger partial charge is 0.486 e. The fourth-order valence-corrected chi connectivity index (χ4v) is 4.90. The molecule has 2 aromatic carbocycles. The predicted molar refractivity (Wildman–Crippen MR) is 139 cm³/mol. The maximum atomic E-state index is 13.6. The van der Waals surface area contributed by atoms with Gasteiger partial charge in [0.2, 0.25) is 21.8 Å². The van der Waals surface area contributed by atoms with E-state index in [1.54, 1.807) is 18.2 Å². The number of carbonyl (C=O) groups is 2. The van der Waals surface area contributed by atoms with Crippen LogP contribution in [0.4, 0.5) is 5.69 Å². The number of hydrogen-bond donors (Lipinski definition) is 1. The molecule has 0 saturated heterocycles. The van der Waals surface area contributed by atoms with Gasteiger partial charge in [-0.05, 0) is 37.0 Å². The summed E-state index contributed by atoms with van der Waals surface area (Å²) in [6.07, 6.45) is 2.76. The van der Waals surface area contributed by atoms with Crippen LogP contribution < -0.4 is 19.1 Å². The smallest absolute Gasteiger partial charge is 0.244 e. The minimum absolute atomic E-state index is 0.244. The van der Waals surface area contributed by atoms with E-state index >= 15 is 0 Å². The number of hydrogen-bond acceptors (Lipinski definition) is 6. The lowest BCUT2D eigenvalue weighted by Crippen LogP contribution is -2.53. The fraction of sp³-hybridized carbons (Fsp3) is 0.462. The Balaban J connectivity index is 1.88. The summed E-state index contributed by atoms with van der Waals surface area (Å²) >= 11 is 0. The quantitative estimate of drug-likeness (QED) is 0.464. The third-order valence-corrected chi connectivity index (χ3v) is 7.05. The second kappa shape index (κ2) is 12.6. The number of sulfonamides is 1. The van der Waals surface area contributed by atoms with Gasteiger partial charge < -0.3 is 19.7 Å². The molecule has 0 radical (unpaired) electrons. The van der Waals surface area contributed by atoms with E-state index in [0.29, 0.717) is 49.8 Å². The molecule has 0 saturated carbocycles. The standard InChI is InChI=1S/C26H35N3O6S/c1-4-14-27-26(31)22(5-2)28(15-13-20-9-7-6-8-10-20)25(30)19-29(36(3,32)33)21-11-12-23-24(18-21)35-17-16-34-23/h6-12,18,22H,4-5,13-17,19H2,1-3H3,(H,27,31). The highest BCUT2D eigenvalue weighted by molar-refractivity contribution is 7.92. The highest BCUT2D eigenvalue weighted by Gasteiger charge is 2.31. The minimum atomic E-state index is -3.82. The van der Waals surface area contributed by atoms with Crippen molar-refractivity contribution in [1.29, 1.82) is 0 Å². The SMILES string of the molecule is CCCNC(=O)C(CC)N(CCc1ccccc1)C(=O)CN(c1ccc2c(c1)OCCO2)S(C)(=O)=O. The molecule has 1 aliphatic heterocycles. The summed E-state index contributed by atoms with van der Waals surface area (Å²) in [5, 5.41) is 2.87. The van der Waals surface area contributed by atoms with Crippen LogP contribution in [0.3, 0.4) is 0 Å². The highest BCUT2D eigenvalue weighted by Crippen LogP contribution is 2.34. The van der Waals surface area contributed by atoms with E-state index in [9.17, 15) is 18.0 Å². The molecule has 2 aromatic rings. The zero-order valence-corrected chi connectivity index (χ0v) is 21.9. The Bertz CT molecular complexity index is 1140. The van der Waals surface area contributed by atoms with Crippen LogP contribution in [0.2, 0.25) is 0 Å². The number of benzene rings is 2. The average molecular weight is 518 g/mol. The number of amides is 2. The van der Waals surface area contributed by atoms with E-state index in [2.05, 4.69) is 5.32 Å². The van der Waals surface area contributed by atoms with Gasteiger partial charge in [0, 0.05) is 19.2 Å². The summed E-state index contributed by atoms with van der Waals surface area (Å²) in [6.45, 7) is 4.90. The first-order chi connectivity index (χ1) is 17.2. The van der Waals surface area contributed by atoms with Crippen molar-refractivity contribution in [3.05, 3.63) is 54.1 Å². The van der Waals surface area contributed by atoms with Crippen LogP contribution in [0.1, 0.15) is 32.3 Å². The van der Waals surface area contributed by atoms with Crippen LogP contribution in [0.15, 0.2) is 48.5 Å². The van der Waals surface area contributed by atoms with Crippen molar-refractivity contribution in [2.75, 3.05) is 43.4 Å². The number of ether oxygens (including phenoxy) is 2. The number of nitrogens with zero attached hydrogens (tertiary/aromatic N) is 2. The zero-order chi connectivity index (χ0) is 26.1. The van der Waals surface area contributed by atoms with Crippen molar-refractivity contribution in [1.82, 2.24) is 10.2 Å². The molecular weight excluding hydrogens is 482 g/mol. The molecule has 0 bridgehead atoms. The molecule has 0 fully saturated rings. The first-order valence-electron chi connectivity index (χ1n) is 12.2. The Morgan fingerprint density at radius 3 is 2.36 bits per heavy atom. The Morgan fingerprint density at radius 1 is 1.03 bits per heavy atom. The Labute approximate surface area is 213 Å². The monoisotopic (exact) mass is 517 g/mol. The Kier molecular flexibility index (Phi) is 9.58. The van der Waals surface area contributed by atoms with Gasteiger partial charge in [0.1, 0.15) is 25.8 Å². The van der Waals surface area contributed by atoms with Gasteiger partial charge >= 0.3 is 0 Å². The molecule has 0 aromatic heterocycles. The summed E-state index contributed by atoms with van der Waals surface area (Å²) in [7, 11) is -3.82. The van der Waals surface area contributed by atoms with Gasteiger partial charge in [-0.2, -0.15) is 0 Å². The van der Waals surface area contributed by atoms with Crippen LogP contribution >= 0.6 is 0 Å². The van der Waals surface area contributed by atoms with Gasteiger partial charge in [0.15, 0.2) is 11.5 Å². The third kappa shape index (κ3) is 7.13. The van der Waals surface area contributed by atoms with Crippen LogP contribution in [0, 0.1) is 0 Å². The summed E-state index contributed by atoms with van der Waals surface area (Å²) in [4.78, 5) is 28.1. The zero-order valence-electron chi connectivity index (χ0n) is 21.1. The molecule has 1 heterocycles. The van der Waals surface area contributed by atoms with Crippen LogP contribution in [0.25, 0.3) is 0 Å². The fourth-order valence-electron chi connectivity index (χ4n) is 4.06. The van der Waals surface area contributed by atoms with Crippen LogP contribution in [-0.2, 0) is 26.0 Å². The molecular formula is C26H35N3O6S. The van der Waals surface area contributed by atoms with Crippen molar-refractivity contribution in [2.24, 2.45) is 0 Å². The van der Waals surface area contributed by atoms with Crippen molar-refractivity contribution in [2.45, 2.75) is 39.2 Å². The van der Waals surface area contributed by atoms with Crippen molar-refractivity contribution >= 4 is 27.5 Å². The number of fused-ring (bicyclic) bond motifs is 1. The van der Waals surface area contributed by atoms with E-state index in [1.807, 2.05) is 44.2 Å². The predicted octanol–water partition coefficient (Wildman–Crippen LogP) is 2.60. The van der Waals surface area contributed by atoms with Crippen molar-refractivity contribution in [3.63, 3.8) is 0 Å². The summed E-state index contributed by atoms with van der Waals surface area (Å²) in [5.74, 6) is 0.245. The number of nitrogens with one attached hydrogen (secondary N) is 1. The van der Waals surface area contributed by atoms with Gasteiger partial charge in [-0.3, -0.25) is 13.9 Å². The summed E-state index contributed by atoms with van der Waals surface area (Å²) in [6, 6.07) is 13.7. The highest BCUT2D eigenvalue weighted by atomic mass is 32.2. The van der Waals surface area contributed by atoms with Crippen LogP contribution in [0.5, 0.6) is 11.5 Å². The van der Waals surface area contributed by atoms with Gasteiger partial charge in [-0.1, -0.05) is 44.2 Å². The van der Waals surface area contributed by atoms with E-state index in [4.69, 9.17) is 9.47 Å². The average Bonchev–Trinajstić information content (AvgIpc) is 2.87. The first kappa shape index (κ1) is 27.3. The molecule has 9 nitrogen and oxygen atoms in total. The lowest BCUT2D eigenvalue weighted by molar-refractivity contribution is -0.139. The molecule has 2 amide bonds. The van der Waals surface area contributed by atoms with E-state index in [1.165, 1.54) is 4.90 Å². The second-order valence-corrected chi connectivity index (χ2v) is 10.5.